The number of amides is 1. The molecule has 28 heavy (non-hydrogen) atoms. The number of nitrogens with one attached hydrogen (secondary N) is 1. The molecule has 0 aliphatic carbocycles. The summed E-state index contributed by atoms with van der Waals surface area (Å²) in [6.07, 6.45) is -0.816. The molecule has 1 amide bonds. The number of carbonyl (C=O) groups is 1. The molecule has 1 aliphatic rings. The molecule has 0 unspecified atom stereocenters. The molecule has 2 atom stereocenters. The quantitative estimate of drug-likeness (QED) is 0.773. The molecular weight excluding hydrogens is 401 g/mol. The average Bonchev–Trinajstić information content (AvgIpc) is 2.73. The van der Waals surface area contributed by atoms with Crippen LogP contribution in [0, 0.1) is 5.82 Å². The SMILES string of the molecule is CC(C)(C)OC(=O)N1CC(F)(F)[C@H](NS(C)(=O)=O)[C@@H]1Cc1cccc(O)c1F. The zero-order valence-electron chi connectivity index (χ0n) is 15.9. The second-order valence-corrected chi connectivity index (χ2v) is 9.54. The van der Waals surface area contributed by atoms with E-state index < -0.39 is 64.3 Å². The Morgan fingerprint density at radius 1 is 1.39 bits per heavy atom. The smallest absolute Gasteiger partial charge is 0.410 e. The Bertz CT molecular complexity index is 855. The van der Waals surface area contributed by atoms with Crippen LogP contribution in [0.3, 0.4) is 0 Å². The van der Waals surface area contributed by atoms with Crippen LogP contribution < -0.4 is 4.72 Å². The molecule has 0 spiro atoms. The van der Waals surface area contributed by atoms with Crippen molar-refractivity contribution in [1.29, 1.82) is 0 Å². The number of halogens is 3. The molecule has 0 bridgehead atoms. The van der Waals surface area contributed by atoms with Crippen molar-refractivity contribution in [3.8, 4) is 5.75 Å². The summed E-state index contributed by atoms with van der Waals surface area (Å²) in [4.78, 5) is 13.2. The Hall–Kier alpha value is -2.01. The van der Waals surface area contributed by atoms with Gasteiger partial charge in [0.1, 0.15) is 11.6 Å². The summed E-state index contributed by atoms with van der Waals surface area (Å²) in [6, 6.07) is 0.237. The summed E-state index contributed by atoms with van der Waals surface area (Å²) in [5, 5.41) is 9.52. The monoisotopic (exact) mass is 424 g/mol. The Morgan fingerprint density at radius 3 is 2.54 bits per heavy atom. The highest BCUT2D eigenvalue weighted by Crippen LogP contribution is 2.36. The second kappa shape index (κ2) is 7.43. The van der Waals surface area contributed by atoms with Crippen molar-refractivity contribution in [2.24, 2.45) is 0 Å². The molecular formula is C17H23F3N2O5S. The Kier molecular flexibility index (Phi) is 5.91. The van der Waals surface area contributed by atoms with Gasteiger partial charge in [-0.05, 0) is 38.8 Å². The molecule has 1 saturated heterocycles. The van der Waals surface area contributed by atoms with Crippen LogP contribution in [0.5, 0.6) is 5.75 Å². The third-order valence-corrected chi connectivity index (χ3v) is 4.76. The Morgan fingerprint density at radius 2 is 2.00 bits per heavy atom. The first-order valence-corrected chi connectivity index (χ1v) is 10.3. The highest BCUT2D eigenvalue weighted by molar-refractivity contribution is 7.88. The zero-order chi connectivity index (χ0) is 21.5. The minimum Gasteiger partial charge on any atom is -0.505 e. The number of alkyl halides is 2. The number of ether oxygens (including phenoxy) is 1. The van der Waals surface area contributed by atoms with E-state index in [1.54, 1.807) is 20.8 Å². The third kappa shape index (κ3) is 5.28. The standard InChI is InChI=1S/C17H23F3N2O5S/c1-16(2,3)27-15(24)22-9-17(19,20)14(21-28(4,25)26)11(22)8-10-6-5-7-12(23)13(10)18/h5-7,11,14,21,23H,8-9H2,1-4H3/t11-,14+/m0/s1. The molecule has 1 aromatic rings. The van der Waals surface area contributed by atoms with E-state index in [1.807, 2.05) is 4.72 Å². The maximum atomic E-state index is 14.6. The number of benzene rings is 1. The van der Waals surface area contributed by atoms with Crippen molar-refractivity contribution >= 4 is 16.1 Å². The number of likely N-dealkylation sites (tertiary alicyclic amines) is 1. The highest BCUT2D eigenvalue weighted by atomic mass is 32.2. The van der Waals surface area contributed by atoms with Gasteiger partial charge in [-0.2, -0.15) is 0 Å². The van der Waals surface area contributed by atoms with E-state index in [4.69, 9.17) is 4.74 Å². The molecule has 1 fully saturated rings. The number of hydrogen-bond acceptors (Lipinski definition) is 5. The van der Waals surface area contributed by atoms with Crippen LogP contribution in [0.4, 0.5) is 18.0 Å². The summed E-state index contributed by atoms with van der Waals surface area (Å²) in [5.74, 6) is -5.32. The van der Waals surface area contributed by atoms with Gasteiger partial charge in [0.25, 0.3) is 5.92 Å². The van der Waals surface area contributed by atoms with E-state index in [-0.39, 0.29) is 5.56 Å². The lowest BCUT2D eigenvalue weighted by atomic mass is 9.98. The van der Waals surface area contributed by atoms with Crippen LogP contribution in [-0.4, -0.2) is 60.9 Å². The van der Waals surface area contributed by atoms with E-state index in [2.05, 4.69) is 0 Å². The van der Waals surface area contributed by atoms with Crippen LogP contribution in [-0.2, 0) is 21.2 Å². The summed E-state index contributed by atoms with van der Waals surface area (Å²) < 4.78 is 73.6. The van der Waals surface area contributed by atoms with E-state index in [9.17, 15) is 31.5 Å². The predicted octanol–water partition coefficient (Wildman–Crippen LogP) is 2.25. The van der Waals surface area contributed by atoms with Crippen LogP contribution in [0.25, 0.3) is 0 Å². The number of phenols is 1. The Labute approximate surface area is 161 Å². The molecule has 2 rings (SSSR count). The zero-order valence-corrected chi connectivity index (χ0v) is 16.7. The largest absolute Gasteiger partial charge is 0.505 e. The minimum absolute atomic E-state index is 0.142. The maximum absolute atomic E-state index is 14.6. The maximum Gasteiger partial charge on any atom is 0.410 e. The molecule has 0 saturated carbocycles. The molecule has 11 heteroatoms. The number of aromatic hydroxyl groups is 1. The van der Waals surface area contributed by atoms with Gasteiger partial charge in [-0.1, -0.05) is 12.1 Å². The van der Waals surface area contributed by atoms with Gasteiger partial charge < -0.3 is 9.84 Å². The van der Waals surface area contributed by atoms with Gasteiger partial charge in [0.2, 0.25) is 10.0 Å². The number of rotatable bonds is 4. The van der Waals surface area contributed by atoms with Gasteiger partial charge in [-0.15, -0.1) is 0 Å². The average molecular weight is 424 g/mol. The number of sulfonamides is 1. The van der Waals surface area contributed by atoms with Gasteiger partial charge in [0.05, 0.1) is 18.8 Å². The van der Waals surface area contributed by atoms with Crippen LogP contribution in [0.1, 0.15) is 26.3 Å². The van der Waals surface area contributed by atoms with Crippen molar-refractivity contribution in [2.45, 2.75) is 50.8 Å². The summed E-state index contributed by atoms with van der Waals surface area (Å²) in [6.45, 7) is 3.56. The number of nitrogens with zero attached hydrogens (tertiary/aromatic N) is 1. The van der Waals surface area contributed by atoms with Gasteiger partial charge in [0, 0.05) is 0 Å². The molecule has 1 aromatic carbocycles. The number of hydrogen-bond donors (Lipinski definition) is 2. The number of phenolic OH excluding ortho intramolecular Hbond substituents is 1. The minimum atomic E-state index is -4.06. The van der Waals surface area contributed by atoms with Crippen LogP contribution in [0.15, 0.2) is 18.2 Å². The lowest BCUT2D eigenvalue weighted by molar-refractivity contribution is -0.0122. The molecule has 0 radical (unpaired) electrons. The second-order valence-electron chi connectivity index (χ2n) is 7.76. The van der Waals surface area contributed by atoms with Crippen molar-refractivity contribution < 1.29 is 36.2 Å². The lowest BCUT2D eigenvalue weighted by Gasteiger charge is -2.30. The first kappa shape index (κ1) is 22.3. The summed E-state index contributed by atoms with van der Waals surface area (Å²) >= 11 is 0. The van der Waals surface area contributed by atoms with Crippen LogP contribution >= 0.6 is 0 Å². The third-order valence-electron chi connectivity index (χ3n) is 4.08. The van der Waals surface area contributed by atoms with Gasteiger partial charge >= 0.3 is 6.09 Å². The fraction of sp³-hybridized carbons (Fsp3) is 0.588. The molecule has 2 N–H and O–H groups in total. The molecule has 1 aliphatic heterocycles. The molecule has 158 valence electrons. The van der Waals surface area contributed by atoms with Crippen molar-refractivity contribution in [1.82, 2.24) is 9.62 Å². The van der Waals surface area contributed by atoms with Crippen molar-refractivity contribution in [2.75, 3.05) is 12.8 Å². The van der Waals surface area contributed by atoms with E-state index in [0.29, 0.717) is 11.2 Å². The van der Waals surface area contributed by atoms with E-state index in [1.165, 1.54) is 12.1 Å². The fourth-order valence-corrected chi connectivity index (χ4v) is 3.79. The highest BCUT2D eigenvalue weighted by Gasteiger charge is 2.57. The summed E-state index contributed by atoms with van der Waals surface area (Å²) in [5.41, 5.74) is -1.12. The lowest BCUT2D eigenvalue weighted by Crippen LogP contribution is -2.52. The Balaban J connectivity index is 2.45. The normalized spacial score (nSPS) is 22.3. The molecule has 7 nitrogen and oxygen atoms in total. The molecule has 1 heterocycles. The summed E-state index contributed by atoms with van der Waals surface area (Å²) in [7, 11) is -4.06. The van der Waals surface area contributed by atoms with E-state index >= 15 is 0 Å². The van der Waals surface area contributed by atoms with Crippen LogP contribution in [0.2, 0.25) is 0 Å². The van der Waals surface area contributed by atoms with Gasteiger partial charge in [0.15, 0.2) is 11.6 Å². The first-order valence-electron chi connectivity index (χ1n) is 8.42. The van der Waals surface area contributed by atoms with Gasteiger partial charge in [-0.25, -0.2) is 31.1 Å². The first-order chi connectivity index (χ1) is 12.6. The topological polar surface area (TPSA) is 95.9 Å². The number of carbonyl (C=O) groups excluding carboxylic acids is 1. The van der Waals surface area contributed by atoms with E-state index in [0.717, 1.165) is 6.07 Å². The van der Waals surface area contributed by atoms with Gasteiger partial charge in [-0.3, -0.25) is 4.90 Å². The molecule has 0 aromatic heterocycles. The van der Waals surface area contributed by atoms with Crippen molar-refractivity contribution in [3.63, 3.8) is 0 Å². The predicted molar refractivity (Wildman–Crippen MR) is 95.2 cm³/mol. The fourth-order valence-electron chi connectivity index (χ4n) is 3.00. The van der Waals surface area contributed by atoms with Crippen molar-refractivity contribution in [3.05, 3.63) is 29.6 Å².